The maximum absolute atomic E-state index is 11.5. The highest BCUT2D eigenvalue weighted by Gasteiger charge is 2.30. The van der Waals surface area contributed by atoms with Crippen molar-refractivity contribution in [2.24, 2.45) is 11.8 Å². The molecule has 0 aliphatic heterocycles. The summed E-state index contributed by atoms with van der Waals surface area (Å²) >= 11 is 0. The van der Waals surface area contributed by atoms with Crippen LogP contribution >= 0.6 is 0 Å². The number of carbonyl (C=O) groups excluding carboxylic acids is 1. The molecule has 1 aliphatic rings. The van der Waals surface area contributed by atoms with E-state index in [-0.39, 0.29) is 5.92 Å². The Morgan fingerprint density at radius 3 is 2.09 bits per heavy atom. The summed E-state index contributed by atoms with van der Waals surface area (Å²) < 4.78 is 0. The Labute approximate surface area is 68.5 Å². The Hall–Kier alpha value is -0.590. The molecule has 0 saturated heterocycles. The summed E-state index contributed by atoms with van der Waals surface area (Å²) in [5.74, 6) is 1.14. The van der Waals surface area contributed by atoms with Gasteiger partial charge in [-0.05, 0) is 31.8 Å². The fraction of sp³-hybridized carbons (Fsp3) is 0.700. The van der Waals surface area contributed by atoms with E-state index in [0.29, 0.717) is 11.7 Å². The van der Waals surface area contributed by atoms with Gasteiger partial charge in [0.05, 0.1) is 0 Å². The van der Waals surface area contributed by atoms with Crippen LogP contribution in [-0.4, -0.2) is 5.78 Å². The SMILES string of the molecule is CC1=C(C)C(=O)C(C(C)C)C1. The molecule has 1 nitrogen and oxygen atoms in total. The van der Waals surface area contributed by atoms with E-state index in [9.17, 15) is 4.79 Å². The smallest absolute Gasteiger partial charge is 0.162 e. The number of carbonyl (C=O) groups is 1. The first kappa shape index (κ1) is 8.51. The second-order valence-corrected chi connectivity index (χ2v) is 3.82. The first-order valence-corrected chi connectivity index (χ1v) is 4.24. The molecule has 0 bridgehead atoms. The highest BCUT2D eigenvalue weighted by Crippen LogP contribution is 2.32. The normalized spacial score (nSPS) is 25.5. The Morgan fingerprint density at radius 2 is 1.91 bits per heavy atom. The minimum atomic E-state index is 0.273. The van der Waals surface area contributed by atoms with Gasteiger partial charge in [-0.3, -0.25) is 4.79 Å². The summed E-state index contributed by atoms with van der Waals surface area (Å²) in [6.07, 6.45) is 0.988. The summed E-state index contributed by atoms with van der Waals surface area (Å²) in [5, 5.41) is 0. The van der Waals surface area contributed by atoms with E-state index >= 15 is 0 Å². The third-order valence-corrected chi connectivity index (χ3v) is 2.68. The molecular formula is C10H16O. The maximum atomic E-state index is 11.5. The van der Waals surface area contributed by atoms with Crippen LogP contribution in [0.15, 0.2) is 11.1 Å². The summed E-state index contributed by atoms with van der Waals surface area (Å²) in [4.78, 5) is 11.5. The van der Waals surface area contributed by atoms with Crippen LogP contribution in [0.25, 0.3) is 0 Å². The molecule has 1 aliphatic carbocycles. The molecule has 0 amide bonds. The molecule has 0 fully saturated rings. The van der Waals surface area contributed by atoms with Gasteiger partial charge >= 0.3 is 0 Å². The molecule has 1 atom stereocenters. The minimum Gasteiger partial charge on any atom is -0.294 e. The van der Waals surface area contributed by atoms with Crippen LogP contribution in [-0.2, 0) is 4.79 Å². The van der Waals surface area contributed by atoms with Crippen molar-refractivity contribution < 1.29 is 4.79 Å². The summed E-state index contributed by atoms with van der Waals surface area (Å²) in [5.41, 5.74) is 2.29. The third kappa shape index (κ3) is 1.37. The van der Waals surface area contributed by atoms with Crippen molar-refractivity contribution in [3.05, 3.63) is 11.1 Å². The van der Waals surface area contributed by atoms with E-state index in [1.165, 1.54) is 5.57 Å². The van der Waals surface area contributed by atoms with Gasteiger partial charge in [0.25, 0.3) is 0 Å². The molecule has 0 heterocycles. The summed E-state index contributed by atoms with van der Waals surface area (Å²) in [6, 6.07) is 0. The van der Waals surface area contributed by atoms with Gasteiger partial charge in [-0.2, -0.15) is 0 Å². The average Bonchev–Trinajstić information content (AvgIpc) is 2.17. The average molecular weight is 152 g/mol. The largest absolute Gasteiger partial charge is 0.294 e. The van der Waals surface area contributed by atoms with E-state index in [0.717, 1.165) is 12.0 Å². The quantitative estimate of drug-likeness (QED) is 0.564. The minimum absolute atomic E-state index is 0.273. The van der Waals surface area contributed by atoms with Gasteiger partial charge < -0.3 is 0 Å². The van der Waals surface area contributed by atoms with Crippen molar-refractivity contribution in [3.63, 3.8) is 0 Å². The van der Waals surface area contributed by atoms with E-state index in [1.54, 1.807) is 0 Å². The van der Waals surface area contributed by atoms with Crippen LogP contribution < -0.4 is 0 Å². The molecular weight excluding hydrogens is 136 g/mol. The summed E-state index contributed by atoms with van der Waals surface area (Å²) in [6.45, 7) is 8.25. The Bertz CT molecular complexity index is 211. The molecule has 0 aromatic heterocycles. The number of rotatable bonds is 1. The van der Waals surface area contributed by atoms with Gasteiger partial charge in [0, 0.05) is 5.92 Å². The Kier molecular flexibility index (Phi) is 2.17. The van der Waals surface area contributed by atoms with Crippen LogP contribution in [0.1, 0.15) is 34.1 Å². The van der Waals surface area contributed by atoms with Crippen molar-refractivity contribution in [2.45, 2.75) is 34.1 Å². The molecule has 1 unspecified atom stereocenters. The molecule has 0 N–H and O–H groups in total. The molecule has 0 saturated carbocycles. The highest BCUT2D eigenvalue weighted by atomic mass is 16.1. The van der Waals surface area contributed by atoms with E-state index in [4.69, 9.17) is 0 Å². The maximum Gasteiger partial charge on any atom is 0.162 e. The lowest BCUT2D eigenvalue weighted by atomic mass is 9.91. The summed E-state index contributed by atoms with van der Waals surface area (Å²) in [7, 11) is 0. The predicted molar refractivity (Wildman–Crippen MR) is 46.3 cm³/mol. The fourth-order valence-corrected chi connectivity index (χ4v) is 1.60. The zero-order chi connectivity index (χ0) is 8.59. The van der Waals surface area contributed by atoms with Crippen molar-refractivity contribution >= 4 is 5.78 Å². The second kappa shape index (κ2) is 2.80. The van der Waals surface area contributed by atoms with Gasteiger partial charge in [0.2, 0.25) is 0 Å². The van der Waals surface area contributed by atoms with Crippen molar-refractivity contribution in [1.29, 1.82) is 0 Å². The zero-order valence-corrected chi connectivity index (χ0v) is 7.77. The Morgan fingerprint density at radius 1 is 1.36 bits per heavy atom. The Balaban J connectivity index is 2.79. The highest BCUT2D eigenvalue weighted by molar-refractivity contribution is 6.00. The second-order valence-electron chi connectivity index (χ2n) is 3.82. The number of hydrogen-bond donors (Lipinski definition) is 0. The molecule has 1 rings (SSSR count). The predicted octanol–water partition coefficient (Wildman–Crippen LogP) is 2.57. The van der Waals surface area contributed by atoms with Crippen molar-refractivity contribution in [1.82, 2.24) is 0 Å². The van der Waals surface area contributed by atoms with Gasteiger partial charge in [-0.25, -0.2) is 0 Å². The van der Waals surface area contributed by atoms with E-state index in [1.807, 2.05) is 6.92 Å². The van der Waals surface area contributed by atoms with Crippen LogP contribution in [0.2, 0.25) is 0 Å². The van der Waals surface area contributed by atoms with Crippen LogP contribution in [0, 0.1) is 11.8 Å². The third-order valence-electron chi connectivity index (χ3n) is 2.68. The fourth-order valence-electron chi connectivity index (χ4n) is 1.60. The van der Waals surface area contributed by atoms with Crippen molar-refractivity contribution in [3.8, 4) is 0 Å². The molecule has 0 aromatic carbocycles. The number of hydrogen-bond acceptors (Lipinski definition) is 1. The standard InChI is InChI=1S/C10H16O/c1-6(2)9-5-7(3)8(4)10(9)11/h6,9H,5H2,1-4H3. The van der Waals surface area contributed by atoms with Gasteiger partial charge in [-0.1, -0.05) is 19.4 Å². The van der Waals surface area contributed by atoms with E-state index < -0.39 is 0 Å². The number of allylic oxidation sites excluding steroid dienone is 2. The van der Waals surface area contributed by atoms with Gasteiger partial charge in [0.1, 0.15) is 0 Å². The topological polar surface area (TPSA) is 17.1 Å². The van der Waals surface area contributed by atoms with Crippen LogP contribution in [0.3, 0.4) is 0 Å². The molecule has 1 heteroatoms. The van der Waals surface area contributed by atoms with Crippen molar-refractivity contribution in [2.75, 3.05) is 0 Å². The molecule has 0 radical (unpaired) electrons. The number of ketones is 1. The lowest BCUT2D eigenvalue weighted by Crippen LogP contribution is -2.15. The first-order chi connectivity index (χ1) is 5.04. The molecule has 11 heavy (non-hydrogen) atoms. The van der Waals surface area contributed by atoms with Gasteiger partial charge in [-0.15, -0.1) is 0 Å². The number of Topliss-reactive ketones (excluding diaryl/α,β-unsaturated/α-hetero) is 1. The van der Waals surface area contributed by atoms with Gasteiger partial charge in [0.15, 0.2) is 5.78 Å². The van der Waals surface area contributed by atoms with E-state index in [2.05, 4.69) is 20.8 Å². The van der Waals surface area contributed by atoms with Crippen LogP contribution in [0.4, 0.5) is 0 Å². The first-order valence-electron chi connectivity index (χ1n) is 4.24. The zero-order valence-electron chi connectivity index (χ0n) is 7.77. The molecule has 0 aromatic rings. The monoisotopic (exact) mass is 152 g/mol. The molecule has 0 spiro atoms. The lowest BCUT2D eigenvalue weighted by Gasteiger charge is -2.11. The lowest BCUT2D eigenvalue weighted by molar-refractivity contribution is -0.119. The van der Waals surface area contributed by atoms with Crippen LogP contribution in [0.5, 0.6) is 0 Å². The molecule has 62 valence electrons.